The van der Waals surface area contributed by atoms with E-state index in [4.69, 9.17) is 0 Å². The predicted octanol–water partition coefficient (Wildman–Crippen LogP) is 1.63. The average molecular weight is 166 g/mol. The zero-order valence-corrected chi connectivity index (χ0v) is 7.76. The van der Waals surface area contributed by atoms with Crippen LogP contribution in [-0.4, -0.2) is 8.80 Å². The minimum absolute atomic E-state index is 0.955. The Morgan fingerprint density at radius 3 is 2.50 bits per heavy atom. The molecule has 0 aliphatic rings. The molecule has 0 aliphatic heterocycles. The molecule has 1 aromatic rings. The maximum atomic E-state index is 3.78. The van der Waals surface area contributed by atoms with Gasteiger partial charge in [0.1, 0.15) is 8.80 Å². The van der Waals surface area contributed by atoms with Crippen LogP contribution in [0.2, 0.25) is 0 Å². The van der Waals surface area contributed by atoms with Gasteiger partial charge in [-0.1, -0.05) is 23.5 Å². The Hall–Kier alpha value is -0.603. The number of hydrogen-bond donors (Lipinski definition) is 0. The fourth-order valence-electron chi connectivity index (χ4n) is 0.809. The highest BCUT2D eigenvalue weighted by molar-refractivity contribution is 7.23. The minimum atomic E-state index is -0.955. The van der Waals surface area contributed by atoms with Gasteiger partial charge in [-0.3, -0.25) is 0 Å². The molecule has 1 rings (SSSR count). The SMILES string of the molecule is C=C[SiH](C=C)c1cccs1. The second-order valence-electron chi connectivity index (χ2n) is 2.01. The van der Waals surface area contributed by atoms with Gasteiger partial charge in [-0.2, -0.15) is 11.3 Å². The molecule has 0 aromatic carbocycles. The molecule has 0 nitrogen and oxygen atoms in total. The first kappa shape index (κ1) is 7.50. The van der Waals surface area contributed by atoms with Crippen molar-refractivity contribution in [3.63, 3.8) is 0 Å². The average Bonchev–Trinajstić information content (AvgIpc) is 2.43. The molecule has 0 fully saturated rings. The zero-order chi connectivity index (χ0) is 7.40. The highest BCUT2D eigenvalue weighted by atomic mass is 32.1. The van der Waals surface area contributed by atoms with E-state index >= 15 is 0 Å². The van der Waals surface area contributed by atoms with E-state index in [9.17, 15) is 0 Å². The summed E-state index contributed by atoms with van der Waals surface area (Å²) in [6.45, 7) is 7.57. The molecular weight excluding hydrogens is 156 g/mol. The first-order chi connectivity index (χ1) is 4.88. The van der Waals surface area contributed by atoms with Crippen molar-refractivity contribution in [3.8, 4) is 0 Å². The quantitative estimate of drug-likeness (QED) is 0.599. The van der Waals surface area contributed by atoms with Crippen LogP contribution in [0.3, 0.4) is 0 Å². The first-order valence-electron chi connectivity index (χ1n) is 3.17. The third kappa shape index (κ3) is 1.46. The van der Waals surface area contributed by atoms with E-state index in [0.29, 0.717) is 0 Å². The lowest BCUT2D eigenvalue weighted by atomic mass is 10.7. The Labute approximate surface area is 67.1 Å². The van der Waals surface area contributed by atoms with Crippen molar-refractivity contribution < 1.29 is 0 Å². The van der Waals surface area contributed by atoms with E-state index < -0.39 is 8.80 Å². The van der Waals surface area contributed by atoms with Gasteiger partial charge in [0.2, 0.25) is 0 Å². The molecule has 0 saturated heterocycles. The summed E-state index contributed by atoms with van der Waals surface area (Å²) in [5, 5.41) is 2.10. The second-order valence-corrected chi connectivity index (χ2v) is 6.03. The topological polar surface area (TPSA) is 0 Å². The summed E-state index contributed by atoms with van der Waals surface area (Å²) >= 11 is 1.80. The fourth-order valence-corrected chi connectivity index (χ4v) is 3.71. The Balaban J connectivity index is 2.82. The van der Waals surface area contributed by atoms with Gasteiger partial charge in [-0.15, -0.1) is 13.2 Å². The molecule has 1 heterocycles. The van der Waals surface area contributed by atoms with Crippen molar-refractivity contribution in [3.05, 3.63) is 42.1 Å². The Morgan fingerprint density at radius 2 is 2.10 bits per heavy atom. The van der Waals surface area contributed by atoms with Crippen molar-refractivity contribution in [2.24, 2.45) is 0 Å². The van der Waals surface area contributed by atoms with Gasteiger partial charge in [-0.25, -0.2) is 0 Å². The van der Waals surface area contributed by atoms with Gasteiger partial charge in [0.15, 0.2) is 0 Å². The maximum absolute atomic E-state index is 3.78. The van der Waals surface area contributed by atoms with E-state index in [0.717, 1.165) is 0 Å². The summed E-state index contributed by atoms with van der Waals surface area (Å²) in [4.78, 5) is 0. The van der Waals surface area contributed by atoms with Crippen LogP contribution in [0.1, 0.15) is 0 Å². The second kappa shape index (κ2) is 3.54. The van der Waals surface area contributed by atoms with Crippen molar-refractivity contribution >= 4 is 24.6 Å². The molecule has 0 N–H and O–H groups in total. The van der Waals surface area contributed by atoms with Crippen molar-refractivity contribution in [2.45, 2.75) is 0 Å². The van der Waals surface area contributed by atoms with Crippen LogP contribution in [0.25, 0.3) is 0 Å². The summed E-state index contributed by atoms with van der Waals surface area (Å²) in [5.74, 6) is 0. The lowest BCUT2D eigenvalue weighted by Gasteiger charge is -1.98. The maximum Gasteiger partial charge on any atom is 0.129 e. The van der Waals surface area contributed by atoms with Crippen LogP contribution in [-0.2, 0) is 0 Å². The molecule has 0 radical (unpaired) electrons. The smallest absolute Gasteiger partial charge is 0.129 e. The fraction of sp³-hybridized carbons (Fsp3) is 0. The van der Waals surface area contributed by atoms with Crippen molar-refractivity contribution in [2.75, 3.05) is 0 Å². The number of hydrogen-bond acceptors (Lipinski definition) is 1. The molecule has 0 spiro atoms. The standard InChI is InChI=1S/C8H10SSi/c1-3-10(4-2)8-6-5-7-9-8/h3-7,10H,1-2H2. The molecule has 0 saturated carbocycles. The predicted molar refractivity (Wildman–Crippen MR) is 51.5 cm³/mol. The largest absolute Gasteiger partial charge is 0.153 e. The highest BCUT2D eigenvalue weighted by Crippen LogP contribution is 1.97. The van der Waals surface area contributed by atoms with E-state index in [2.05, 4.69) is 30.7 Å². The summed E-state index contributed by atoms with van der Waals surface area (Å²) in [6.07, 6.45) is 0. The van der Waals surface area contributed by atoms with Crippen LogP contribution in [0, 0.1) is 0 Å². The van der Waals surface area contributed by atoms with Gasteiger partial charge < -0.3 is 0 Å². The molecule has 0 atom stereocenters. The summed E-state index contributed by atoms with van der Waals surface area (Å²) < 4.78 is 1.45. The molecule has 0 unspecified atom stereocenters. The lowest BCUT2D eigenvalue weighted by molar-refractivity contribution is 2.05. The minimum Gasteiger partial charge on any atom is -0.153 e. The molecule has 1 aromatic heterocycles. The third-order valence-electron chi connectivity index (χ3n) is 1.38. The molecule has 0 bridgehead atoms. The molecule has 2 heteroatoms. The molecule has 52 valence electrons. The summed E-state index contributed by atoms with van der Waals surface area (Å²) in [5.41, 5.74) is 4.08. The summed E-state index contributed by atoms with van der Waals surface area (Å²) in [6, 6.07) is 4.23. The Bertz CT molecular complexity index is 205. The number of thiophene rings is 1. The van der Waals surface area contributed by atoms with Gasteiger partial charge in [0, 0.05) is 0 Å². The van der Waals surface area contributed by atoms with Gasteiger partial charge >= 0.3 is 0 Å². The lowest BCUT2D eigenvalue weighted by Crippen LogP contribution is -2.21. The molecule has 0 aliphatic carbocycles. The van der Waals surface area contributed by atoms with Crippen LogP contribution in [0.4, 0.5) is 0 Å². The van der Waals surface area contributed by atoms with Crippen molar-refractivity contribution in [1.29, 1.82) is 0 Å². The van der Waals surface area contributed by atoms with Crippen LogP contribution < -0.4 is 4.50 Å². The first-order valence-corrected chi connectivity index (χ1v) is 5.96. The molecule has 10 heavy (non-hydrogen) atoms. The van der Waals surface area contributed by atoms with Crippen LogP contribution in [0.5, 0.6) is 0 Å². The monoisotopic (exact) mass is 166 g/mol. The molecular formula is C8H10SSi. The van der Waals surface area contributed by atoms with Crippen LogP contribution >= 0.6 is 11.3 Å². The summed E-state index contributed by atoms with van der Waals surface area (Å²) in [7, 11) is -0.955. The van der Waals surface area contributed by atoms with Gasteiger partial charge in [0.05, 0.1) is 0 Å². The third-order valence-corrected chi connectivity index (χ3v) is 5.17. The van der Waals surface area contributed by atoms with E-state index in [1.54, 1.807) is 11.3 Å². The Kier molecular flexibility index (Phi) is 2.65. The molecule has 0 amide bonds. The van der Waals surface area contributed by atoms with Crippen LogP contribution in [0.15, 0.2) is 42.1 Å². The normalized spacial score (nSPS) is 9.70. The zero-order valence-electron chi connectivity index (χ0n) is 5.79. The van der Waals surface area contributed by atoms with Crippen molar-refractivity contribution in [1.82, 2.24) is 0 Å². The van der Waals surface area contributed by atoms with Gasteiger partial charge in [-0.05, 0) is 9.88 Å². The number of rotatable bonds is 3. The Morgan fingerprint density at radius 1 is 1.40 bits per heavy atom. The van der Waals surface area contributed by atoms with E-state index in [-0.39, 0.29) is 0 Å². The van der Waals surface area contributed by atoms with Gasteiger partial charge in [0.25, 0.3) is 0 Å². The highest BCUT2D eigenvalue weighted by Gasteiger charge is 2.03. The van der Waals surface area contributed by atoms with E-state index in [1.165, 1.54) is 4.50 Å². The van der Waals surface area contributed by atoms with E-state index in [1.807, 2.05) is 11.4 Å².